The Balaban J connectivity index is 0.00000289. The monoisotopic (exact) mass is 454 g/mol. The van der Waals surface area contributed by atoms with Crippen LogP contribution in [0.2, 0.25) is 0 Å². The first-order valence-electron chi connectivity index (χ1n) is 10.4. The third kappa shape index (κ3) is 5.58. The lowest BCUT2D eigenvalue weighted by molar-refractivity contribution is 0.301. The lowest BCUT2D eigenvalue weighted by Gasteiger charge is -2.31. The molecule has 1 aliphatic rings. The van der Waals surface area contributed by atoms with E-state index < -0.39 is 0 Å². The SMILES string of the molecule is CCc1cnc(N2CCC(c3nc(COc4cccc(N(N)C=N)c4)cs3)CC2)nc1.N. The van der Waals surface area contributed by atoms with E-state index in [1.54, 1.807) is 11.3 Å². The van der Waals surface area contributed by atoms with Gasteiger partial charge in [0.05, 0.1) is 16.4 Å². The van der Waals surface area contributed by atoms with Crippen molar-refractivity contribution in [3.8, 4) is 5.75 Å². The number of aromatic nitrogens is 3. The first-order chi connectivity index (χ1) is 15.2. The third-order valence-corrected chi connectivity index (χ3v) is 6.49. The summed E-state index contributed by atoms with van der Waals surface area (Å²) in [5, 5.41) is 11.7. The Labute approximate surface area is 192 Å². The summed E-state index contributed by atoms with van der Waals surface area (Å²) in [6.45, 7) is 4.40. The van der Waals surface area contributed by atoms with E-state index in [2.05, 4.69) is 27.2 Å². The summed E-state index contributed by atoms with van der Waals surface area (Å²) >= 11 is 1.71. The van der Waals surface area contributed by atoms with Crippen molar-refractivity contribution < 1.29 is 4.74 Å². The predicted octanol–water partition coefficient (Wildman–Crippen LogP) is 3.91. The van der Waals surface area contributed by atoms with Crippen molar-refractivity contribution in [1.29, 1.82) is 5.41 Å². The number of hydrogen-bond acceptors (Lipinski definition) is 9. The van der Waals surface area contributed by atoms with E-state index in [0.29, 0.717) is 24.0 Å². The molecule has 1 saturated heterocycles. The van der Waals surface area contributed by atoms with E-state index in [1.807, 2.05) is 36.7 Å². The van der Waals surface area contributed by atoms with Crippen LogP contribution in [0.25, 0.3) is 0 Å². The zero-order valence-corrected chi connectivity index (χ0v) is 19.1. The van der Waals surface area contributed by atoms with E-state index in [1.165, 1.54) is 10.0 Å². The van der Waals surface area contributed by atoms with E-state index in [9.17, 15) is 0 Å². The summed E-state index contributed by atoms with van der Waals surface area (Å²) in [5.41, 5.74) is 2.80. The van der Waals surface area contributed by atoms with Gasteiger partial charge in [-0.25, -0.2) is 20.8 Å². The first-order valence-corrected chi connectivity index (χ1v) is 11.3. The minimum atomic E-state index is 0. The maximum Gasteiger partial charge on any atom is 0.225 e. The van der Waals surface area contributed by atoms with Crippen molar-refractivity contribution in [2.75, 3.05) is 23.0 Å². The number of hydrazine groups is 1. The van der Waals surface area contributed by atoms with E-state index in [-0.39, 0.29) is 6.15 Å². The number of aryl methyl sites for hydroxylation is 1. The van der Waals surface area contributed by atoms with Gasteiger partial charge in [0.2, 0.25) is 5.95 Å². The number of benzene rings is 1. The second-order valence-corrected chi connectivity index (χ2v) is 8.40. The van der Waals surface area contributed by atoms with Crippen LogP contribution in [0.1, 0.15) is 41.9 Å². The van der Waals surface area contributed by atoms with Gasteiger partial charge in [0.15, 0.2) is 0 Å². The molecule has 10 heteroatoms. The summed E-state index contributed by atoms with van der Waals surface area (Å²) in [7, 11) is 0. The van der Waals surface area contributed by atoms with Gasteiger partial charge in [0.25, 0.3) is 0 Å². The summed E-state index contributed by atoms with van der Waals surface area (Å²) < 4.78 is 5.88. The highest BCUT2D eigenvalue weighted by Gasteiger charge is 2.24. The fourth-order valence-electron chi connectivity index (χ4n) is 3.56. The van der Waals surface area contributed by atoms with Gasteiger partial charge < -0.3 is 15.8 Å². The largest absolute Gasteiger partial charge is 0.487 e. The van der Waals surface area contributed by atoms with Crippen molar-refractivity contribution in [3.63, 3.8) is 0 Å². The molecule has 1 fully saturated rings. The average molecular weight is 455 g/mol. The van der Waals surface area contributed by atoms with Crippen molar-refractivity contribution in [1.82, 2.24) is 21.1 Å². The van der Waals surface area contributed by atoms with Gasteiger partial charge >= 0.3 is 0 Å². The Hall–Kier alpha value is -3.08. The van der Waals surface area contributed by atoms with Crippen LogP contribution in [0.4, 0.5) is 11.6 Å². The fraction of sp³-hybridized carbons (Fsp3) is 0.364. The summed E-state index contributed by atoms with van der Waals surface area (Å²) in [6, 6.07) is 7.37. The van der Waals surface area contributed by atoms with Gasteiger partial charge in [0.1, 0.15) is 18.7 Å². The molecular weight excluding hydrogens is 424 g/mol. The van der Waals surface area contributed by atoms with Crippen molar-refractivity contribution in [2.45, 2.75) is 38.7 Å². The molecule has 0 atom stereocenters. The molecule has 3 aromatic rings. The molecular formula is C22H30N8OS. The molecule has 6 N–H and O–H groups in total. The van der Waals surface area contributed by atoms with Gasteiger partial charge in [-0.1, -0.05) is 13.0 Å². The zero-order valence-electron chi connectivity index (χ0n) is 18.3. The Morgan fingerprint density at radius 1 is 1.28 bits per heavy atom. The minimum absolute atomic E-state index is 0. The standard InChI is InChI=1S/C22H27N7OS.H3N/c1-2-16-11-25-22(26-12-16)28-8-6-17(7-9-28)21-27-18(14-31-21)13-30-20-5-3-4-19(10-20)29(24)15-23;/h3-5,10-12,14-15,17,23H,2,6-9,13,24H2,1H3;1H3. The number of rotatable bonds is 8. The Kier molecular flexibility index (Phi) is 8.09. The van der Waals surface area contributed by atoms with Crippen LogP contribution in [0.15, 0.2) is 42.0 Å². The molecule has 4 rings (SSSR count). The molecule has 32 heavy (non-hydrogen) atoms. The van der Waals surface area contributed by atoms with Crippen LogP contribution in [0, 0.1) is 5.41 Å². The van der Waals surface area contributed by atoms with Crippen LogP contribution in [-0.4, -0.2) is 34.4 Å². The highest BCUT2D eigenvalue weighted by Crippen LogP contribution is 2.31. The number of thiazole rings is 1. The normalized spacial score (nSPS) is 14.0. The minimum Gasteiger partial charge on any atom is -0.487 e. The van der Waals surface area contributed by atoms with E-state index in [4.69, 9.17) is 21.0 Å². The average Bonchev–Trinajstić information content (AvgIpc) is 3.32. The highest BCUT2D eigenvalue weighted by molar-refractivity contribution is 7.09. The van der Waals surface area contributed by atoms with Crippen molar-refractivity contribution in [2.24, 2.45) is 5.84 Å². The first kappa shape index (κ1) is 23.6. The predicted molar refractivity (Wildman–Crippen MR) is 129 cm³/mol. The molecule has 1 aliphatic heterocycles. The summed E-state index contributed by atoms with van der Waals surface area (Å²) in [4.78, 5) is 16.1. The van der Waals surface area contributed by atoms with Gasteiger partial charge in [0, 0.05) is 42.8 Å². The molecule has 0 radical (unpaired) electrons. The lowest BCUT2D eigenvalue weighted by Crippen LogP contribution is -2.34. The second kappa shape index (κ2) is 11.0. The van der Waals surface area contributed by atoms with Gasteiger partial charge in [-0.2, -0.15) is 0 Å². The molecule has 0 spiro atoms. The molecule has 0 amide bonds. The molecule has 0 unspecified atom stereocenters. The smallest absolute Gasteiger partial charge is 0.225 e. The number of ether oxygens (including phenoxy) is 1. The van der Waals surface area contributed by atoms with Gasteiger partial charge in [-0.3, -0.25) is 10.4 Å². The zero-order chi connectivity index (χ0) is 21.6. The van der Waals surface area contributed by atoms with Crippen LogP contribution >= 0.6 is 11.3 Å². The number of anilines is 2. The van der Waals surface area contributed by atoms with Gasteiger partial charge in [-0.15, -0.1) is 11.3 Å². The van der Waals surface area contributed by atoms with Crippen LogP contribution in [-0.2, 0) is 13.0 Å². The molecule has 2 aromatic heterocycles. The quantitative estimate of drug-likeness (QED) is 0.201. The maximum atomic E-state index is 7.25. The fourth-order valence-corrected chi connectivity index (χ4v) is 4.54. The molecule has 0 aliphatic carbocycles. The molecule has 1 aromatic carbocycles. The topological polar surface area (TPSA) is 139 Å². The number of nitrogens with two attached hydrogens (primary N) is 1. The van der Waals surface area contributed by atoms with Gasteiger partial charge in [-0.05, 0) is 37.0 Å². The summed E-state index contributed by atoms with van der Waals surface area (Å²) in [5.74, 6) is 7.72. The van der Waals surface area contributed by atoms with Crippen LogP contribution < -0.4 is 26.6 Å². The number of piperidine rings is 1. The van der Waals surface area contributed by atoms with E-state index in [0.717, 1.165) is 55.9 Å². The molecule has 0 saturated carbocycles. The lowest BCUT2D eigenvalue weighted by atomic mass is 9.98. The Bertz CT molecular complexity index is 1000. The van der Waals surface area contributed by atoms with Crippen LogP contribution in [0.3, 0.4) is 0 Å². The Morgan fingerprint density at radius 2 is 2.03 bits per heavy atom. The second-order valence-electron chi connectivity index (χ2n) is 7.51. The summed E-state index contributed by atoms with van der Waals surface area (Å²) in [6.07, 6.45) is 7.96. The number of nitrogens with one attached hydrogen (secondary N) is 1. The van der Waals surface area contributed by atoms with Crippen LogP contribution in [0.5, 0.6) is 5.75 Å². The molecule has 9 nitrogen and oxygen atoms in total. The number of nitrogens with zero attached hydrogens (tertiary/aromatic N) is 5. The molecule has 0 bridgehead atoms. The molecule has 170 valence electrons. The third-order valence-electron chi connectivity index (χ3n) is 5.44. The van der Waals surface area contributed by atoms with Crippen molar-refractivity contribution in [3.05, 3.63) is 58.3 Å². The van der Waals surface area contributed by atoms with E-state index >= 15 is 0 Å². The Morgan fingerprint density at radius 3 is 2.72 bits per heavy atom. The molecule has 3 heterocycles. The number of hydrogen-bond donors (Lipinski definition) is 3. The maximum absolute atomic E-state index is 7.25. The highest BCUT2D eigenvalue weighted by atomic mass is 32.1. The van der Waals surface area contributed by atoms with Crippen molar-refractivity contribution >= 4 is 29.3 Å².